The van der Waals surface area contributed by atoms with Gasteiger partial charge in [0.1, 0.15) is 0 Å². The van der Waals surface area contributed by atoms with Gasteiger partial charge in [-0.1, -0.05) is 20.8 Å². The molecular formula is C12H21NO2. The molecule has 0 fully saturated rings. The molecule has 0 saturated heterocycles. The average Bonchev–Trinajstić information content (AvgIpc) is 2.17. The zero-order chi connectivity index (χ0) is 11.5. The van der Waals surface area contributed by atoms with E-state index in [2.05, 4.69) is 0 Å². The number of carbonyl (C=O) groups is 1. The highest BCUT2D eigenvalue weighted by atomic mass is 16.5. The third-order valence-corrected chi connectivity index (χ3v) is 2.73. The lowest BCUT2D eigenvalue weighted by molar-refractivity contribution is -0.120. The van der Waals surface area contributed by atoms with E-state index >= 15 is 0 Å². The molecule has 0 aromatic heterocycles. The molecule has 2 N–H and O–H groups in total. The predicted octanol–water partition coefficient (Wildman–Crippen LogP) is 2.01. The van der Waals surface area contributed by atoms with Gasteiger partial charge in [-0.2, -0.15) is 0 Å². The van der Waals surface area contributed by atoms with Gasteiger partial charge in [-0.3, -0.25) is 4.79 Å². The third kappa shape index (κ3) is 3.67. The van der Waals surface area contributed by atoms with Crippen molar-refractivity contribution in [1.82, 2.24) is 0 Å². The van der Waals surface area contributed by atoms with Crippen molar-refractivity contribution < 1.29 is 9.53 Å². The fourth-order valence-corrected chi connectivity index (χ4v) is 1.36. The highest BCUT2D eigenvalue weighted by Gasteiger charge is 2.25. The van der Waals surface area contributed by atoms with Gasteiger partial charge in [-0.25, -0.2) is 0 Å². The molecule has 0 amide bonds. The van der Waals surface area contributed by atoms with E-state index in [-0.39, 0.29) is 17.2 Å². The summed E-state index contributed by atoms with van der Waals surface area (Å²) in [6, 6.07) is -0.114. The lowest BCUT2D eigenvalue weighted by Crippen LogP contribution is -2.37. The molecule has 86 valence electrons. The van der Waals surface area contributed by atoms with Crippen molar-refractivity contribution in [2.45, 2.75) is 46.1 Å². The van der Waals surface area contributed by atoms with Gasteiger partial charge in [0.15, 0.2) is 11.5 Å². The number of allylic oxidation sites excluding steroid dienone is 2. The number of carbonyl (C=O) groups excluding carboxylic acids is 1. The maximum Gasteiger partial charge on any atom is 0.198 e. The summed E-state index contributed by atoms with van der Waals surface area (Å²) in [5, 5.41) is 0. The number of ether oxygens (including phenoxy) is 1. The maximum absolute atomic E-state index is 11.8. The second-order valence-electron chi connectivity index (χ2n) is 5.16. The van der Waals surface area contributed by atoms with Crippen molar-refractivity contribution in [3.8, 4) is 0 Å². The van der Waals surface area contributed by atoms with Crippen LogP contribution in [0.4, 0.5) is 0 Å². The van der Waals surface area contributed by atoms with Gasteiger partial charge in [-0.15, -0.1) is 0 Å². The van der Waals surface area contributed by atoms with Gasteiger partial charge in [0.05, 0.1) is 6.61 Å². The molecule has 15 heavy (non-hydrogen) atoms. The molecule has 0 aromatic carbocycles. The molecule has 0 spiro atoms. The molecule has 0 radical (unpaired) electrons. The average molecular weight is 211 g/mol. The van der Waals surface area contributed by atoms with Crippen LogP contribution in [0.5, 0.6) is 0 Å². The van der Waals surface area contributed by atoms with Crippen molar-refractivity contribution >= 4 is 5.78 Å². The van der Waals surface area contributed by atoms with E-state index < -0.39 is 0 Å². The van der Waals surface area contributed by atoms with Crippen LogP contribution in [0.2, 0.25) is 0 Å². The molecule has 3 nitrogen and oxygen atoms in total. The smallest absolute Gasteiger partial charge is 0.198 e. The Kier molecular flexibility index (Phi) is 3.91. The Morgan fingerprint density at radius 3 is 2.73 bits per heavy atom. The number of Topliss-reactive ketones (excluding diaryl/α,β-unsaturated/α-hetero) is 1. The van der Waals surface area contributed by atoms with E-state index in [0.29, 0.717) is 18.8 Å². The van der Waals surface area contributed by atoms with E-state index in [1.807, 2.05) is 26.8 Å². The second-order valence-corrected chi connectivity index (χ2v) is 5.16. The summed E-state index contributed by atoms with van der Waals surface area (Å²) in [7, 11) is 0. The largest absolute Gasteiger partial charge is 0.490 e. The van der Waals surface area contributed by atoms with Gasteiger partial charge >= 0.3 is 0 Å². The van der Waals surface area contributed by atoms with Gasteiger partial charge in [-0.05, 0) is 24.3 Å². The quantitative estimate of drug-likeness (QED) is 0.777. The Morgan fingerprint density at radius 2 is 2.27 bits per heavy atom. The molecular weight excluding hydrogens is 190 g/mol. The minimum Gasteiger partial charge on any atom is -0.490 e. The summed E-state index contributed by atoms with van der Waals surface area (Å²) < 4.78 is 5.31. The molecule has 0 saturated carbocycles. The Morgan fingerprint density at radius 1 is 1.60 bits per heavy atom. The summed E-state index contributed by atoms with van der Waals surface area (Å²) in [4.78, 5) is 11.8. The van der Waals surface area contributed by atoms with Crippen molar-refractivity contribution in [3.05, 3.63) is 11.8 Å². The van der Waals surface area contributed by atoms with Crippen molar-refractivity contribution in [2.24, 2.45) is 11.1 Å². The number of nitrogens with two attached hydrogens (primary N) is 1. The van der Waals surface area contributed by atoms with E-state index in [0.717, 1.165) is 12.8 Å². The Bertz CT molecular complexity index is 263. The minimum absolute atomic E-state index is 0.0368. The fourth-order valence-electron chi connectivity index (χ4n) is 1.36. The van der Waals surface area contributed by atoms with Crippen LogP contribution >= 0.6 is 0 Å². The summed E-state index contributed by atoms with van der Waals surface area (Å²) in [6.07, 6.45) is 4.19. The zero-order valence-electron chi connectivity index (χ0n) is 9.88. The van der Waals surface area contributed by atoms with Gasteiger partial charge in [0.25, 0.3) is 0 Å². The first-order valence-corrected chi connectivity index (χ1v) is 5.53. The molecule has 0 bridgehead atoms. The lowest BCUT2D eigenvalue weighted by Gasteiger charge is -2.27. The second kappa shape index (κ2) is 4.79. The van der Waals surface area contributed by atoms with Gasteiger partial charge in [0, 0.05) is 12.5 Å². The molecule has 1 atom stereocenters. The zero-order valence-corrected chi connectivity index (χ0v) is 9.88. The molecule has 1 aliphatic rings. The van der Waals surface area contributed by atoms with Crippen LogP contribution in [-0.4, -0.2) is 18.4 Å². The number of hydrogen-bond acceptors (Lipinski definition) is 3. The van der Waals surface area contributed by atoms with Crippen molar-refractivity contribution in [1.29, 1.82) is 0 Å². The van der Waals surface area contributed by atoms with Crippen LogP contribution in [0.1, 0.15) is 40.0 Å². The topological polar surface area (TPSA) is 52.3 Å². The molecule has 3 heteroatoms. The molecule has 1 heterocycles. The van der Waals surface area contributed by atoms with Crippen LogP contribution in [0.3, 0.4) is 0 Å². The summed E-state index contributed by atoms with van der Waals surface area (Å²) >= 11 is 0. The molecule has 0 aromatic rings. The summed E-state index contributed by atoms with van der Waals surface area (Å²) in [5.74, 6) is 0.554. The van der Waals surface area contributed by atoms with Crippen LogP contribution < -0.4 is 5.73 Å². The molecule has 1 unspecified atom stereocenters. The first-order chi connectivity index (χ1) is 6.91. The van der Waals surface area contributed by atoms with Gasteiger partial charge < -0.3 is 10.5 Å². The Balaban J connectivity index is 2.52. The van der Waals surface area contributed by atoms with E-state index in [1.165, 1.54) is 0 Å². The minimum atomic E-state index is -0.114. The Hall–Kier alpha value is -0.830. The summed E-state index contributed by atoms with van der Waals surface area (Å²) in [5.41, 5.74) is 5.92. The first kappa shape index (κ1) is 12.2. The van der Waals surface area contributed by atoms with Crippen LogP contribution in [0.25, 0.3) is 0 Å². The maximum atomic E-state index is 11.8. The molecule has 1 aliphatic heterocycles. The van der Waals surface area contributed by atoms with E-state index in [9.17, 15) is 4.79 Å². The van der Waals surface area contributed by atoms with Gasteiger partial charge in [0.2, 0.25) is 0 Å². The SMILES string of the molecule is CC(C)(C)C(N)CC(=O)C1=CCCCO1. The van der Waals surface area contributed by atoms with Crippen LogP contribution in [0, 0.1) is 5.41 Å². The number of hydrogen-bond donors (Lipinski definition) is 1. The number of ketones is 1. The van der Waals surface area contributed by atoms with Crippen LogP contribution in [-0.2, 0) is 9.53 Å². The lowest BCUT2D eigenvalue weighted by atomic mass is 9.84. The van der Waals surface area contributed by atoms with Crippen molar-refractivity contribution in [2.75, 3.05) is 6.61 Å². The molecule has 0 aliphatic carbocycles. The fraction of sp³-hybridized carbons (Fsp3) is 0.750. The van der Waals surface area contributed by atoms with Crippen molar-refractivity contribution in [3.63, 3.8) is 0 Å². The third-order valence-electron chi connectivity index (χ3n) is 2.73. The first-order valence-electron chi connectivity index (χ1n) is 5.53. The normalized spacial score (nSPS) is 19.1. The highest BCUT2D eigenvalue weighted by Crippen LogP contribution is 2.22. The van der Waals surface area contributed by atoms with E-state index in [1.54, 1.807) is 0 Å². The molecule has 1 rings (SSSR count). The standard InChI is InChI=1S/C12H21NO2/c1-12(2,3)11(13)8-9(14)10-6-4-5-7-15-10/h6,11H,4-5,7-8,13H2,1-3H3. The predicted molar refractivity (Wildman–Crippen MR) is 60.3 cm³/mol. The summed E-state index contributed by atoms with van der Waals surface area (Å²) in [6.45, 7) is 6.78. The Labute approximate surface area is 91.7 Å². The monoisotopic (exact) mass is 211 g/mol. The van der Waals surface area contributed by atoms with E-state index in [4.69, 9.17) is 10.5 Å². The number of rotatable bonds is 3. The highest BCUT2D eigenvalue weighted by molar-refractivity contribution is 5.93. The van der Waals surface area contributed by atoms with Crippen LogP contribution in [0.15, 0.2) is 11.8 Å².